The molecule has 0 fully saturated rings. The molecule has 0 spiro atoms. The molecule has 0 heterocycles. The summed E-state index contributed by atoms with van der Waals surface area (Å²) in [5.74, 6) is -5.76. The molecule has 0 atom stereocenters. The standard InChI is InChI=1S/4C2H4O3.C2H6O.C2H4.Ti/c4*3-1-2(4)5;1-2-3;1-2;/h4*3H,1H2,(H,4,5);3H,2H2,1H3;1-2H2;/q;;;;;;+4/p-4. The van der Waals surface area contributed by atoms with Gasteiger partial charge in [-0.25, -0.2) is 0 Å². The van der Waals surface area contributed by atoms with Crippen molar-refractivity contribution < 1.29 is 86.9 Å². The van der Waals surface area contributed by atoms with Gasteiger partial charge < -0.3 is 65.1 Å². The molecule has 0 saturated heterocycles. The van der Waals surface area contributed by atoms with Crippen LogP contribution in [0.1, 0.15) is 6.92 Å². The van der Waals surface area contributed by atoms with Crippen molar-refractivity contribution in [3.63, 3.8) is 0 Å². The van der Waals surface area contributed by atoms with Crippen LogP contribution >= 0.6 is 0 Å². The molecule has 0 aromatic carbocycles. The smallest absolute Gasteiger partial charge is 0.548 e. The summed E-state index contributed by atoms with van der Waals surface area (Å²) in [5.41, 5.74) is 0. The second kappa shape index (κ2) is 49.5. The molecule has 0 aliphatic rings. The van der Waals surface area contributed by atoms with E-state index in [0.29, 0.717) is 0 Å². The average molecular weight is 422 g/mol. The van der Waals surface area contributed by atoms with E-state index >= 15 is 0 Å². The summed E-state index contributed by atoms with van der Waals surface area (Å²) in [6, 6.07) is 0. The molecule has 5 N–H and O–H groups in total. The monoisotopic (exact) mass is 422 g/mol. The predicted octanol–water partition coefficient (Wildman–Crippen LogP) is -8.29. The van der Waals surface area contributed by atoms with Crippen molar-refractivity contribution in [2.45, 2.75) is 6.92 Å². The predicted molar refractivity (Wildman–Crippen MR) is 72.4 cm³/mol. The van der Waals surface area contributed by atoms with Gasteiger partial charge in [-0.15, -0.1) is 13.2 Å². The Balaban J connectivity index is -0.0000000338. The quantitative estimate of drug-likeness (QED) is 0.208. The molecule has 0 radical (unpaired) electrons. The van der Waals surface area contributed by atoms with Gasteiger partial charge in [-0.05, 0) is 6.92 Å². The summed E-state index contributed by atoms with van der Waals surface area (Å²) >= 11 is 0. The third-order valence-electron chi connectivity index (χ3n) is 0.516. The number of carbonyl (C=O) groups is 4. The number of aliphatic carboxylic acids is 4. The van der Waals surface area contributed by atoms with Gasteiger partial charge in [0.05, 0.1) is 50.3 Å². The molecule has 26 heavy (non-hydrogen) atoms. The van der Waals surface area contributed by atoms with Gasteiger partial charge >= 0.3 is 21.7 Å². The molecule has 13 nitrogen and oxygen atoms in total. The number of aliphatic hydroxyl groups is 5. The zero-order valence-electron chi connectivity index (χ0n) is 14.0. The fraction of sp³-hybridized carbons (Fsp3) is 0.500. The summed E-state index contributed by atoms with van der Waals surface area (Å²) in [6.45, 7) is 4.37. The van der Waals surface area contributed by atoms with Gasteiger partial charge in [0.25, 0.3) is 0 Å². The summed E-state index contributed by atoms with van der Waals surface area (Å²) in [4.78, 5) is 36.0. The van der Waals surface area contributed by atoms with E-state index in [1.54, 1.807) is 6.92 Å². The Bertz CT molecular complexity index is 253. The minimum atomic E-state index is -1.44. The SMILES string of the molecule is C=C.CCO.O=C([O-])CO.O=C([O-])CO.O=C([O-])CO.O=C([O-])CO.[Ti+4]. The van der Waals surface area contributed by atoms with Gasteiger partial charge in [0.15, 0.2) is 0 Å². The van der Waals surface area contributed by atoms with Gasteiger partial charge in [-0.1, -0.05) is 0 Å². The van der Waals surface area contributed by atoms with Gasteiger partial charge in [0, 0.05) is 6.61 Å². The van der Waals surface area contributed by atoms with Gasteiger partial charge in [-0.2, -0.15) is 0 Å². The van der Waals surface area contributed by atoms with E-state index in [0.717, 1.165) is 0 Å². The molecule has 0 rings (SSSR count). The van der Waals surface area contributed by atoms with E-state index in [1.807, 2.05) is 0 Å². The van der Waals surface area contributed by atoms with Crippen molar-refractivity contribution in [1.29, 1.82) is 0 Å². The van der Waals surface area contributed by atoms with Crippen molar-refractivity contribution >= 4 is 23.9 Å². The molecule has 0 aromatic rings. The Labute approximate surface area is 164 Å². The maximum atomic E-state index is 9.01. The summed E-state index contributed by atoms with van der Waals surface area (Å²) in [7, 11) is 0. The summed E-state index contributed by atoms with van der Waals surface area (Å²) in [5, 5.41) is 73.5. The average Bonchev–Trinajstić information content (AvgIpc) is 2.58. The van der Waals surface area contributed by atoms with Crippen LogP contribution in [0.2, 0.25) is 0 Å². The number of hydrogen-bond acceptors (Lipinski definition) is 13. The first kappa shape index (κ1) is 44.0. The topological polar surface area (TPSA) is 262 Å². The zero-order chi connectivity index (χ0) is 21.8. The molecule has 0 saturated carbocycles. The van der Waals surface area contributed by atoms with Crippen LogP contribution in [0.4, 0.5) is 0 Å². The van der Waals surface area contributed by atoms with Crippen LogP contribution in [0.15, 0.2) is 13.2 Å². The van der Waals surface area contributed by atoms with E-state index in [1.165, 1.54) is 0 Å². The van der Waals surface area contributed by atoms with E-state index in [9.17, 15) is 0 Å². The molecule has 0 aromatic heterocycles. The van der Waals surface area contributed by atoms with E-state index in [2.05, 4.69) is 13.2 Å². The molecule has 14 heteroatoms. The Morgan fingerprint density at radius 1 is 0.615 bits per heavy atom. The second-order valence-electron chi connectivity index (χ2n) is 2.44. The molecular formula is C12H22O13Ti. The van der Waals surface area contributed by atoms with E-state index < -0.39 is 50.3 Å². The largest absolute Gasteiger partial charge is 4.00 e. The third-order valence-corrected chi connectivity index (χ3v) is 0.516. The van der Waals surface area contributed by atoms with Crippen LogP contribution < -0.4 is 20.4 Å². The Kier molecular flexibility index (Phi) is 83.7. The summed E-state index contributed by atoms with van der Waals surface area (Å²) in [6.07, 6.45) is 0. The molecule has 0 aliphatic heterocycles. The summed E-state index contributed by atoms with van der Waals surface area (Å²) < 4.78 is 0. The number of rotatable bonds is 4. The zero-order valence-corrected chi connectivity index (χ0v) is 15.5. The molecule has 0 amide bonds. The van der Waals surface area contributed by atoms with Crippen LogP contribution in [0, 0.1) is 0 Å². The third kappa shape index (κ3) is 263. The number of hydrogen-bond donors (Lipinski definition) is 5. The van der Waals surface area contributed by atoms with Gasteiger partial charge in [-0.3, -0.25) is 0 Å². The van der Waals surface area contributed by atoms with Crippen molar-refractivity contribution in [3.05, 3.63) is 13.2 Å². The normalized spacial score (nSPS) is 6.54. The Morgan fingerprint density at radius 2 is 0.654 bits per heavy atom. The van der Waals surface area contributed by atoms with Crippen LogP contribution in [-0.4, -0.2) is 82.4 Å². The van der Waals surface area contributed by atoms with Crippen LogP contribution in [-0.2, 0) is 40.9 Å². The minimum Gasteiger partial charge on any atom is -0.548 e. The molecule has 152 valence electrons. The first-order valence-corrected chi connectivity index (χ1v) is 5.84. The molecule has 0 unspecified atom stereocenters. The number of carboxylic acids is 4. The van der Waals surface area contributed by atoms with E-state index in [4.69, 9.17) is 65.1 Å². The van der Waals surface area contributed by atoms with E-state index in [-0.39, 0.29) is 28.3 Å². The molecular weight excluding hydrogens is 400 g/mol. The van der Waals surface area contributed by atoms with Crippen molar-refractivity contribution in [1.82, 2.24) is 0 Å². The fourth-order valence-electron chi connectivity index (χ4n) is 0. The Hall–Kier alpha value is -1.87. The molecule has 0 bridgehead atoms. The van der Waals surface area contributed by atoms with Gasteiger partial charge in [0.2, 0.25) is 0 Å². The second-order valence-corrected chi connectivity index (χ2v) is 2.44. The minimum absolute atomic E-state index is 0. The van der Waals surface area contributed by atoms with Crippen LogP contribution in [0.5, 0.6) is 0 Å². The number of aliphatic hydroxyl groups excluding tert-OH is 5. The number of carbonyl (C=O) groups excluding carboxylic acids is 4. The van der Waals surface area contributed by atoms with Crippen molar-refractivity contribution in [2.24, 2.45) is 0 Å². The van der Waals surface area contributed by atoms with Gasteiger partial charge in [0.1, 0.15) is 0 Å². The van der Waals surface area contributed by atoms with Crippen molar-refractivity contribution in [2.75, 3.05) is 33.0 Å². The first-order valence-electron chi connectivity index (χ1n) is 5.84. The fourth-order valence-corrected chi connectivity index (χ4v) is 0. The molecule has 0 aliphatic carbocycles. The first-order chi connectivity index (χ1) is 11.5. The van der Waals surface area contributed by atoms with Crippen LogP contribution in [0.25, 0.3) is 0 Å². The Morgan fingerprint density at radius 3 is 0.654 bits per heavy atom. The maximum absolute atomic E-state index is 9.01. The van der Waals surface area contributed by atoms with Crippen LogP contribution in [0.3, 0.4) is 0 Å². The number of carboxylic acid groups (broad SMARTS) is 4. The van der Waals surface area contributed by atoms with Crippen molar-refractivity contribution in [3.8, 4) is 0 Å². The maximum Gasteiger partial charge on any atom is 4.00 e.